The molecule has 1 rings (SSSR count). The summed E-state index contributed by atoms with van der Waals surface area (Å²) in [4.78, 5) is 11.8. The van der Waals surface area contributed by atoms with E-state index in [2.05, 4.69) is 5.32 Å². The number of rotatable bonds is 5. The largest absolute Gasteiger partial charge is 0.348 e. The number of nitrogens with two attached hydrogens (primary N) is 1. The Bertz CT molecular complexity index is 423. The molecule has 100 valence electrons. The van der Waals surface area contributed by atoms with Crippen LogP contribution in [0.15, 0.2) is 18.2 Å². The van der Waals surface area contributed by atoms with Crippen molar-refractivity contribution >= 4 is 29.1 Å². The highest BCUT2D eigenvalue weighted by atomic mass is 35.5. The first-order valence-corrected chi connectivity index (χ1v) is 6.72. The van der Waals surface area contributed by atoms with Crippen LogP contribution in [0.2, 0.25) is 10.0 Å². The van der Waals surface area contributed by atoms with E-state index in [1.807, 2.05) is 19.9 Å². The maximum atomic E-state index is 11.8. The molecule has 0 heterocycles. The first kappa shape index (κ1) is 15.3. The average molecular weight is 289 g/mol. The summed E-state index contributed by atoms with van der Waals surface area (Å²) in [5, 5.41) is 3.84. The summed E-state index contributed by atoms with van der Waals surface area (Å²) in [5.74, 6) is -0.143. The summed E-state index contributed by atoms with van der Waals surface area (Å²) in [7, 11) is 0. The average Bonchev–Trinajstić information content (AvgIpc) is 2.32. The van der Waals surface area contributed by atoms with Gasteiger partial charge >= 0.3 is 0 Å². The first-order chi connectivity index (χ1) is 8.45. The molecule has 0 fully saturated rings. The van der Waals surface area contributed by atoms with Crippen molar-refractivity contribution in [2.24, 2.45) is 5.73 Å². The van der Waals surface area contributed by atoms with Crippen LogP contribution in [-0.4, -0.2) is 11.9 Å². The lowest BCUT2D eigenvalue weighted by molar-refractivity contribution is -0.123. The molecule has 1 aromatic rings. The SMILES string of the molecule is CCC[C@H](N)C(=O)NC(C)c1ccc(Cl)c(Cl)c1. The van der Waals surface area contributed by atoms with Crippen molar-refractivity contribution in [1.82, 2.24) is 5.32 Å². The van der Waals surface area contributed by atoms with Crippen LogP contribution in [-0.2, 0) is 4.79 Å². The molecule has 0 bridgehead atoms. The van der Waals surface area contributed by atoms with Crippen LogP contribution in [0.5, 0.6) is 0 Å². The molecule has 0 aliphatic heterocycles. The fraction of sp³-hybridized carbons (Fsp3) is 0.462. The molecule has 0 aromatic heterocycles. The summed E-state index contributed by atoms with van der Waals surface area (Å²) in [6.07, 6.45) is 1.57. The lowest BCUT2D eigenvalue weighted by Gasteiger charge is -2.18. The number of nitrogens with one attached hydrogen (secondary N) is 1. The molecule has 1 unspecified atom stereocenters. The summed E-state index contributed by atoms with van der Waals surface area (Å²) in [5.41, 5.74) is 6.65. The third-order valence-corrected chi connectivity index (χ3v) is 3.48. The maximum absolute atomic E-state index is 11.8. The number of hydrogen-bond acceptors (Lipinski definition) is 2. The number of halogens is 2. The van der Waals surface area contributed by atoms with E-state index in [1.165, 1.54) is 0 Å². The zero-order valence-electron chi connectivity index (χ0n) is 10.5. The molecule has 3 nitrogen and oxygen atoms in total. The summed E-state index contributed by atoms with van der Waals surface area (Å²) in [6.45, 7) is 3.88. The normalized spacial score (nSPS) is 14.1. The highest BCUT2D eigenvalue weighted by Gasteiger charge is 2.16. The van der Waals surface area contributed by atoms with Crippen molar-refractivity contribution in [2.75, 3.05) is 0 Å². The van der Waals surface area contributed by atoms with Gasteiger partial charge in [-0.3, -0.25) is 4.79 Å². The van der Waals surface area contributed by atoms with E-state index in [4.69, 9.17) is 28.9 Å². The Labute approximate surface area is 118 Å². The minimum absolute atomic E-state index is 0.143. The molecule has 0 saturated carbocycles. The topological polar surface area (TPSA) is 55.1 Å². The third kappa shape index (κ3) is 4.16. The minimum atomic E-state index is -0.458. The third-order valence-electron chi connectivity index (χ3n) is 2.74. The zero-order chi connectivity index (χ0) is 13.7. The maximum Gasteiger partial charge on any atom is 0.237 e. The van der Waals surface area contributed by atoms with Crippen molar-refractivity contribution < 1.29 is 4.79 Å². The van der Waals surface area contributed by atoms with E-state index in [0.717, 1.165) is 12.0 Å². The Balaban J connectivity index is 2.67. The van der Waals surface area contributed by atoms with Gasteiger partial charge in [-0.25, -0.2) is 0 Å². The number of hydrogen-bond donors (Lipinski definition) is 2. The van der Waals surface area contributed by atoms with Crippen LogP contribution >= 0.6 is 23.2 Å². The highest BCUT2D eigenvalue weighted by Crippen LogP contribution is 2.25. The van der Waals surface area contributed by atoms with E-state index in [-0.39, 0.29) is 11.9 Å². The van der Waals surface area contributed by atoms with Gasteiger partial charge in [0.05, 0.1) is 22.1 Å². The quantitative estimate of drug-likeness (QED) is 0.873. The van der Waals surface area contributed by atoms with Crippen molar-refractivity contribution in [2.45, 2.75) is 38.8 Å². The minimum Gasteiger partial charge on any atom is -0.348 e. The van der Waals surface area contributed by atoms with Crippen LogP contribution in [0.25, 0.3) is 0 Å². The van der Waals surface area contributed by atoms with Crippen LogP contribution in [0.1, 0.15) is 38.3 Å². The summed E-state index contributed by atoms with van der Waals surface area (Å²) < 4.78 is 0. The fourth-order valence-corrected chi connectivity index (χ4v) is 1.93. The van der Waals surface area contributed by atoms with Gasteiger partial charge in [0.2, 0.25) is 5.91 Å². The lowest BCUT2D eigenvalue weighted by Crippen LogP contribution is -2.41. The summed E-state index contributed by atoms with van der Waals surface area (Å²) >= 11 is 11.8. The van der Waals surface area contributed by atoms with Crippen LogP contribution in [0.4, 0.5) is 0 Å². The van der Waals surface area contributed by atoms with Crippen molar-refractivity contribution in [1.29, 1.82) is 0 Å². The van der Waals surface area contributed by atoms with Crippen molar-refractivity contribution in [3.8, 4) is 0 Å². The zero-order valence-corrected chi connectivity index (χ0v) is 12.1. The molecule has 18 heavy (non-hydrogen) atoms. The molecule has 1 amide bonds. The van der Waals surface area contributed by atoms with Gasteiger partial charge in [-0.15, -0.1) is 0 Å². The van der Waals surface area contributed by atoms with Gasteiger partial charge in [-0.05, 0) is 31.0 Å². The molecule has 5 heteroatoms. The Hall–Kier alpha value is -0.770. The van der Waals surface area contributed by atoms with Gasteiger partial charge in [0.25, 0.3) is 0 Å². The number of amides is 1. The van der Waals surface area contributed by atoms with E-state index < -0.39 is 6.04 Å². The number of carbonyl (C=O) groups excluding carboxylic acids is 1. The summed E-state index contributed by atoms with van der Waals surface area (Å²) in [6, 6.07) is 4.70. The molecule has 3 N–H and O–H groups in total. The Morgan fingerprint density at radius 1 is 1.39 bits per heavy atom. The molecule has 0 radical (unpaired) electrons. The fourth-order valence-electron chi connectivity index (χ4n) is 1.63. The predicted octanol–water partition coefficient (Wildman–Crippen LogP) is 3.30. The van der Waals surface area contributed by atoms with Crippen LogP contribution in [0.3, 0.4) is 0 Å². The van der Waals surface area contributed by atoms with E-state index in [9.17, 15) is 4.79 Å². The Morgan fingerprint density at radius 2 is 2.06 bits per heavy atom. The molecular formula is C13H18Cl2N2O. The molecule has 2 atom stereocenters. The van der Waals surface area contributed by atoms with Gasteiger partial charge in [0, 0.05) is 0 Å². The van der Waals surface area contributed by atoms with E-state index >= 15 is 0 Å². The van der Waals surface area contributed by atoms with Crippen LogP contribution in [0, 0.1) is 0 Å². The second-order valence-corrected chi connectivity index (χ2v) is 5.11. The Kier molecular flexibility index (Phi) is 5.93. The lowest BCUT2D eigenvalue weighted by atomic mass is 10.1. The van der Waals surface area contributed by atoms with Crippen LogP contribution < -0.4 is 11.1 Å². The second kappa shape index (κ2) is 6.98. The van der Waals surface area contributed by atoms with E-state index in [0.29, 0.717) is 16.5 Å². The van der Waals surface area contributed by atoms with E-state index in [1.54, 1.807) is 12.1 Å². The molecule has 0 saturated heterocycles. The molecule has 0 aliphatic carbocycles. The standard InChI is InChI=1S/C13H18Cl2N2O/c1-3-4-12(16)13(18)17-8(2)9-5-6-10(14)11(15)7-9/h5-8,12H,3-4,16H2,1-2H3,(H,17,18)/t8?,12-/m0/s1. The molecular weight excluding hydrogens is 271 g/mol. The second-order valence-electron chi connectivity index (χ2n) is 4.30. The smallest absolute Gasteiger partial charge is 0.237 e. The predicted molar refractivity (Wildman–Crippen MR) is 75.9 cm³/mol. The molecule has 1 aromatic carbocycles. The molecule has 0 aliphatic rings. The Morgan fingerprint density at radius 3 is 2.61 bits per heavy atom. The monoisotopic (exact) mass is 288 g/mol. The van der Waals surface area contributed by atoms with Crippen molar-refractivity contribution in [3.63, 3.8) is 0 Å². The van der Waals surface area contributed by atoms with Crippen molar-refractivity contribution in [3.05, 3.63) is 33.8 Å². The van der Waals surface area contributed by atoms with Gasteiger partial charge in [-0.1, -0.05) is 42.6 Å². The van der Waals surface area contributed by atoms with Gasteiger partial charge in [0.1, 0.15) is 0 Å². The number of carbonyl (C=O) groups is 1. The van der Waals surface area contributed by atoms with Gasteiger partial charge in [0.15, 0.2) is 0 Å². The first-order valence-electron chi connectivity index (χ1n) is 5.96. The van der Waals surface area contributed by atoms with Gasteiger partial charge < -0.3 is 11.1 Å². The van der Waals surface area contributed by atoms with Gasteiger partial charge in [-0.2, -0.15) is 0 Å². The highest BCUT2D eigenvalue weighted by molar-refractivity contribution is 6.42. The number of benzene rings is 1. The molecule has 0 spiro atoms.